The summed E-state index contributed by atoms with van der Waals surface area (Å²) in [6.45, 7) is 0. The SMILES string of the molecule is O=CCCCC=O.O=S1C=CC=N1. The average Bonchev–Trinajstić information content (AvgIpc) is 2.58. The summed E-state index contributed by atoms with van der Waals surface area (Å²) >= 11 is 0. The molecule has 1 aliphatic rings. The van der Waals surface area contributed by atoms with E-state index in [-0.39, 0.29) is 0 Å². The van der Waals surface area contributed by atoms with Crippen LogP contribution in [0.15, 0.2) is 15.9 Å². The van der Waals surface area contributed by atoms with E-state index in [1.54, 1.807) is 6.08 Å². The first-order valence-electron chi connectivity index (χ1n) is 3.80. The predicted octanol–water partition coefficient (Wildman–Crippen LogP) is 0.803. The van der Waals surface area contributed by atoms with E-state index >= 15 is 0 Å². The van der Waals surface area contributed by atoms with Crippen molar-refractivity contribution < 1.29 is 13.8 Å². The van der Waals surface area contributed by atoms with Gasteiger partial charge in [-0.2, -0.15) is 4.40 Å². The molecule has 1 aliphatic heterocycles. The molecule has 4 nitrogen and oxygen atoms in total. The minimum Gasteiger partial charge on any atom is -0.303 e. The van der Waals surface area contributed by atoms with E-state index < -0.39 is 11.0 Å². The van der Waals surface area contributed by atoms with Gasteiger partial charge in [0.1, 0.15) is 12.6 Å². The molecule has 0 aromatic heterocycles. The molecule has 0 N–H and O–H groups in total. The molecule has 0 aliphatic carbocycles. The summed E-state index contributed by atoms with van der Waals surface area (Å²) in [5.41, 5.74) is 0. The van der Waals surface area contributed by atoms with E-state index in [0.717, 1.165) is 12.6 Å². The summed E-state index contributed by atoms with van der Waals surface area (Å²) in [6.07, 6.45) is 6.56. The second-order valence-corrected chi connectivity index (χ2v) is 3.16. The topological polar surface area (TPSA) is 63.6 Å². The molecule has 0 amide bonds. The molecule has 0 bridgehead atoms. The summed E-state index contributed by atoms with van der Waals surface area (Å²) in [5.74, 6) is 0. The normalized spacial score (nSPS) is 17.7. The van der Waals surface area contributed by atoms with E-state index in [4.69, 9.17) is 0 Å². The van der Waals surface area contributed by atoms with E-state index in [1.165, 1.54) is 11.6 Å². The van der Waals surface area contributed by atoms with Crippen molar-refractivity contribution in [3.63, 3.8) is 0 Å². The Labute approximate surface area is 79.3 Å². The van der Waals surface area contributed by atoms with E-state index in [9.17, 15) is 13.8 Å². The van der Waals surface area contributed by atoms with Crippen molar-refractivity contribution >= 4 is 29.8 Å². The van der Waals surface area contributed by atoms with Crippen molar-refractivity contribution in [3.8, 4) is 0 Å². The number of allylic oxidation sites excluding steroid dienone is 1. The Kier molecular flexibility index (Phi) is 8.23. The quantitative estimate of drug-likeness (QED) is 0.499. The minimum absolute atomic E-state index is 0.513. The third kappa shape index (κ3) is 8.81. The molecule has 0 spiro atoms. The van der Waals surface area contributed by atoms with Crippen LogP contribution in [0.2, 0.25) is 0 Å². The molecule has 13 heavy (non-hydrogen) atoms. The fourth-order valence-electron chi connectivity index (χ4n) is 0.517. The first-order valence-corrected chi connectivity index (χ1v) is 4.97. The molecule has 0 aromatic rings. The molecule has 1 rings (SSSR count). The second kappa shape index (κ2) is 8.99. The van der Waals surface area contributed by atoms with Gasteiger partial charge in [-0.1, -0.05) is 0 Å². The first-order chi connectivity index (χ1) is 6.31. The maximum atomic E-state index is 10.1. The van der Waals surface area contributed by atoms with Gasteiger partial charge in [0.05, 0.1) is 0 Å². The van der Waals surface area contributed by atoms with E-state index in [1.807, 2.05) is 0 Å². The van der Waals surface area contributed by atoms with Crippen molar-refractivity contribution in [1.82, 2.24) is 0 Å². The molecule has 72 valence electrons. The Balaban J connectivity index is 0.000000223. The second-order valence-electron chi connectivity index (χ2n) is 2.12. The van der Waals surface area contributed by atoms with Crippen LogP contribution in [0, 0.1) is 0 Å². The summed E-state index contributed by atoms with van der Waals surface area (Å²) in [7, 11) is -1.03. The van der Waals surface area contributed by atoms with Crippen LogP contribution in [0.25, 0.3) is 0 Å². The molecular weight excluding hydrogens is 190 g/mol. The smallest absolute Gasteiger partial charge is 0.165 e. The Morgan fingerprint density at radius 3 is 2.08 bits per heavy atom. The lowest BCUT2D eigenvalue weighted by atomic mass is 10.3. The van der Waals surface area contributed by atoms with Crippen LogP contribution in [0.1, 0.15) is 19.3 Å². The number of hydrogen-bond donors (Lipinski definition) is 0. The number of carbonyl (C=O) groups excluding carboxylic acids is 2. The monoisotopic (exact) mass is 201 g/mol. The van der Waals surface area contributed by atoms with Gasteiger partial charge in [-0.25, -0.2) is 4.21 Å². The number of aldehydes is 2. The molecule has 5 heteroatoms. The summed E-state index contributed by atoms with van der Waals surface area (Å²) in [6, 6.07) is 0. The molecule has 0 fully saturated rings. The highest BCUT2D eigenvalue weighted by Crippen LogP contribution is 1.90. The largest absolute Gasteiger partial charge is 0.303 e. The van der Waals surface area contributed by atoms with Crippen molar-refractivity contribution in [1.29, 1.82) is 0 Å². The standard InChI is InChI=1S/C5H8O2.C3H3NOS/c6-4-2-1-3-5-7;5-6-3-1-2-4-6/h4-5H,1-3H2;1-3H. The van der Waals surface area contributed by atoms with Crippen molar-refractivity contribution in [3.05, 3.63) is 11.5 Å². The summed E-state index contributed by atoms with van der Waals surface area (Å²) in [5, 5.41) is 1.53. The summed E-state index contributed by atoms with van der Waals surface area (Å²) in [4.78, 5) is 19.1. The lowest BCUT2D eigenvalue weighted by molar-refractivity contribution is -0.108. The van der Waals surface area contributed by atoms with Crippen molar-refractivity contribution in [2.24, 2.45) is 4.40 Å². The van der Waals surface area contributed by atoms with Crippen LogP contribution in [-0.2, 0) is 20.6 Å². The van der Waals surface area contributed by atoms with Gasteiger partial charge in [0.25, 0.3) is 0 Å². The van der Waals surface area contributed by atoms with Crippen LogP contribution in [0.5, 0.6) is 0 Å². The number of hydrogen-bond acceptors (Lipinski definition) is 3. The van der Waals surface area contributed by atoms with Gasteiger partial charge in [0.2, 0.25) is 0 Å². The van der Waals surface area contributed by atoms with Crippen molar-refractivity contribution in [2.45, 2.75) is 19.3 Å². The summed E-state index contributed by atoms with van der Waals surface area (Å²) < 4.78 is 13.5. The van der Waals surface area contributed by atoms with Gasteiger partial charge in [-0.15, -0.1) is 0 Å². The van der Waals surface area contributed by atoms with Gasteiger partial charge in [0, 0.05) is 24.5 Å². The number of rotatable bonds is 4. The fourth-order valence-corrected chi connectivity index (χ4v) is 0.982. The Hall–Kier alpha value is -1.10. The van der Waals surface area contributed by atoms with Gasteiger partial charge in [-0.05, 0) is 12.5 Å². The van der Waals surface area contributed by atoms with Gasteiger partial charge in [0.15, 0.2) is 11.0 Å². The van der Waals surface area contributed by atoms with Crippen LogP contribution in [-0.4, -0.2) is 23.0 Å². The molecule has 0 saturated carbocycles. The predicted molar refractivity (Wildman–Crippen MR) is 51.8 cm³/mol. The molecule has 0 radical (unpaired) electrons. The highest BCUT2D eigenvalue weighted by molar-refractivity contribution is 7.87. The fraction of sp³-hybridized carbons (Fsp3) is 0.375. The molecule has 1 heterocycles. The van der Waals surface area contributed by atoms with Gasteiger partial charge in [-0.3, -0.25) is 0 Å². The maximum absolute atomic E-state index is 10.1. The van der Waals surface area contributed by atoms with Crippen LogP contribution >= 0.6 is 0 Å². The molecule has 1 unspecified atom stereocenters. The number of unbranched alkanes of at least 4 members (excludes halogenated alkanes) is 2. The third-order valence-corrected chi connectivity index (χ3v) is 1.81. The highest BCUT2D eigenvalue weighted by Gasteiger charge is 1.87. The molecule has 0 saturated heterocycles. The van der Waals surface area contributed by atoms with Gasteiger partial charge >= 0.3 is 0 Å². The zero-order valence-electron chi connectivity index (χ0n) is 7.09. The highest BCUT2D eigenvalue weighted by atomic mass is 32.2. The number of carbonyl (C=O) groups is 2. The Morgan fingerprint density at radius 2 is 1.85 bits per heavy atom. The van der Waals surface area contributed by atoms with Gasteiger partial charge < -0.3 is 9.59 Å². The van der Waals surface area contributed by atoms with E-state index in [0.29, 0.717) is 19.3 Å². The van der Waals surface area contributed by atoms with E-state index in [2.05, 4.69) is 4.40 Å². The number of nitrogens with zero attached hydrogens (tertiary/aromatic N) is 1. The average molecular weight is 201 g/mol. The van der Waals surface area contributed by atoms with Crippen LogP contribution < -0.4 is 0 Å². The van der Waals surface area contributed by atoms with Crippen LogP contribution in [0.3, 0.4) is 0 Å². The zero-order chi connectivity index (χ0) is 9.94. The first kappa shape index (κ1) is 11.9. The lowest BCUT2D eigenvalue weighted by Gasteiger charge is -1.78. The molecular formula is C8H11NO3S. The zero-order valence-corrected chi connectivity index (χ0v) is 7.90. The third-order valence-electron chi connectivity index (χ3n) is 1.09. The Morgan fingerprint density at radius 1 is 1.23 bits per heavy atom. The molecule has 0 aromatic carbocycles. The molecule has 1 atom stereocenters. The van der Waals surface area contributed by atoms with Crippen LogP contribution in [0.4, 0.5) is 0 Å². The maximum Gasteiger partial charge on any atom is 0.165 e. The van der Waals surface area contributed by atoms with Crippen molar-refractivity contribution in [2.75, 3.05) is 0 Å². The Bertz CT molecular complexity index is 214. The minimum atomic E-state index is -1.03. The lowest BCUT2D eigenvalue weighted by Crippen LogP contribution is -1.76.